The quantitative estimate of drug-likeness (QED) is 0.762. The molecule has 0 radical (unpaired) electrons. The van der Waals surface area contributed by atoms with Crippen molar-refractivity contribution in [3.05, 3.63) is 46.5 Å². The number of hydrogen-bond donors (Lipinski definition) is 1. The van der Waals surface area contributed by atoms with E-state index in [1.165, 1.54) is 12.8 Å². The van der Waals surface area contributed by atoms with Gasteiger partial charge in [0.1, 0.15) is 0 Å². The van der Waals surface area contributed by atoms with Crippen molar-refractivity contribution >= 4 is 6.03 Å². The molecule has 1 saturated heterocycles. The number of aromatic nitrogens is 1. The van der Waals surface area contributed by atoms with E-state index in [1.54, 1.807) is 9.47 Å². The van der Waals surface area contributed by atoms with Gasteiger partial charge in [-0.15, -0.1) is 0 Å². The smallest absolute Gasteiger partial charge is 0.320 e. The van der Waals surface area contributed by atoms with Crippen molar-refractivity contribution in [3.63, 3.8) is 0 Å². The summed E-state index contributed by atoms with van der Waals surface area (Å²) in [5.41, 5.74) is 1.79. The lowest BCUT2D eigenvalue weighted by Crippen LogP contribution is -2.45. The van der Waals surface area contributed by atoms with Gasteiger partial charge in [0.2, 0.25) is 0 Å². The molecule has 1 aromatic heterocycles. The van der Waals surface area contributed by atoms with Crippen LogP contribution >= 0.6 is 0 Å². The molecule has 1 aliphatic heterocycles. The predicted octanol–water partition coefficient (Wildman–Crippen LogP) is 3.88. The van der Waals surface area contributed by atoms with E-state index in [4.69, 9.17) is 0 Å². The molecule has 0 saturated carbocycles. The fourth-order valence-corrected chi connectivity index (χ4v) is 3.02. The summed E-state index contributed by atoms with van der Waals surface area (Å²) in [4.78, 5) is 26.3. The lowest BCUT2D eigenvalue weighted by Gasteiger charge is -2.28. The summed E-state index contributed by atoms with van der Waals surface area (Å²) in [6, 6.07) is 3.54. The van der Waals surface area contributed by atoms with E-state index in [2.05, 4.69) is 32.7 Å². The molecule has 2 amide bonds. The second kappa shape index (κ2) is 8.37. The molecule has 1 N–H and O–H groups in total. The van der Waals surface area contributed by atoms with Crippen LogP contribution in [-0.2, 0) is 13.1 Å². The third kappa shape index (κ3) is 6.07. The topological polar surface area (TPSA) is 54.3 Å². The monoisotopic (exact) mass is 345 g/mol. The zero-order valence-corrected chi connectivity index (χ0v) is 15.8. The van der Waals surface area contributed by atoms with Crippen LogP contribution in [0.4, 0.5) is 4.79 Å². The molecule has 0 unspecified atom stereocenters. The van der Waals surface area contributed by atoms with E-state index in [9.17, 15) is 9.59 Å². The minimum atomic E-state index is -0.173. The first kappa shape index (κ1) is 19.3. The van der Waals surface area contributed by atoms with Crippen LogP contribution < -0.4 is 10.9 Å². The zero-order valence-electron chi connectivity index (χ0n) is 15.8. The number of carbonyl (C=O) groups is 1. The Hall–Kier alpha value is -2.04. The summed E-state index contributed by atoms with van der Waals surface area (Å²) in [5, 5.41) is 2.73. The van der Waals surface area contributed by atoms with E-state index in [1.807, 2.05) is 18.3 Å². The van der Waals surface area contributed by atoms with Crippen LogP contribution in [-0.4, -0.2) is 22.0 Å². The minimum Gasteiger partial charge on any atom is -0.320 e. The number of unbranched alkanes of at least 4 members (excludes halogenated alkanes) is 2. The molecule has 5 nitrogen and oxygen atoms in total. The largest absolute Gasteiger partial charge is 0.321 e. The van der Waals surface area contributed by atoms with Gasteiger partial charge in [0.25, 0.3) is 5.56 Å². The van der Waals surface area contributed by atoms with Gasteiger partial charge >= 0.3 is 6.03 Å². The number of rotatable bonds is 7. The van der Waals surface area contributed by atoms with Gasteiger partial charge in [-0.05, 0) is 24.3 Å². The normalized spacial score (nSPS) is 15.4. The van der Waals surface area contributed by atoms with Crippen LogP contribution in [0, 0.1) is 5.41 Å². The third-order valence-corrected chi connectivity index (χ3v) is 4.54. The Kier molecular flexibility index (Phi) is 6.45. The molecule has 0 aliphatic carbocycles. The number of nitrogens with one attached hydrogen (secondary N) is 1. The molecular weight excluding hydrogens is 314 g/mol. The zero-order chi connectivity index (χ0) is 18.4. The summed E-state index contributed by atoms with van der Waals surface area (Å²) in [6.07, 6.45) is 7.09. The maximum atomic E-state index is 12.6. The molecule has 138 valence electrons. The van der Waals surface area contributed by atoms with Crippen LogP contribution in [0.15, 0.2) is 35.4 Å². The van der Waals surface area contributed by atoms with Gasteiger partial charge in [0, 0.05) is 37.0 Å². The number of amides is 2. The Bertz CT molecular complexity index is 670. The van der Waals surface area contributed by atoms with Gasteiger partial charge in [0.05, 0.1) is 6.54 Å². The molecule has 1 aliphatic rings. The lowest BCUT2D eigenvalue weighted by atomic mass is 9.89. The Morgan fingerprint density at radius 1 is 1.20 bits per heavy atom. The minimum absolute atomic E-state index is 0.00974. The van der Waals surface area contributed by atoms with Gasteiger partial charge in [-0.2, -0.15) is 0 Å². The number of hydrogen-bond acceptors (Lipinski definition) is 2. The van der Waals surface area contributed by atoms with Gasteiger partial charge in [-0.25, -0.2) is 4.79 Å². The van der Waals surface area contributed by atoms with Crippen LogP contribution in [0.25, 0.3) is 0 Å². The molecule has 5 heteroatoms. The van der Waals surface area contributed by atoms with Crippen LogP contribution in [0.1, 0.15) is 58.4 Å². The van der Waals surface area contributed by atoms with Crippen molar-refractivity contribution in [3.8, 4) is 0 Å². The highest BCUT2D eigenvalue weighted by Gasteiger charge is 2.21. The molecule has 2 rings (SSSR count). The van der Waals surface area contributed by atoms with Crippen molar-refractivity contribution in [1.82, 2.24) is 14.8 Å². The van der Waals surface area contributed by atoms with Gasteiger partial charge < -0.3 is 14.8 Å². The Morgan fingerprint density at radius 2 is 1.96 bits per heavy atom. The van der Waals surface area contributed by atoms with Crippen molar-refractivity contribution in [2.24, 2.45) is 5.41 Å². The molecule has 0 spiro atoms. The van der Waals surface area contributed by atoms with Gasteiger partial charge in [-0.3, -0.25) is 4.79 Å². The Labute approximate surface area is 150 Å². The number of aryl methyl sites for hydroxylation is 1. The van der Waals surface area contributed by atoms with E-state index in [-0.39, 0.29) is 11.6 Å². The van der Waals surface area contributed by atoms with Crippen molar-refractivity contribution in [2.45, 2.75) is 66.0 Å². The van der Waals surface area contributed by atoms with E-state index < -0.39 is 0 Å². The number of pyridine rings is 1. The first-order chi connectivity index (χ1) is 11.8. The second-order valence-electron chi connectivity index (χ2n) is 8.11. The summed E-state index contributed by atoms with van der Waals surface area (Å²) < 4.78 is 1.77. The predicted molar refractivity (Wildman–Crippen MR) is 101 cm³/mol. The molecule has 0 aromatic carbocycles. The van der Waals surface area contributed by atoms with E-state index in [0.29, 0.717) is 24.1 Å². The van der Waals surface area contributed by atoms with Crippen LogP contribution in [0.5, 0.6) is 0 Å². The van der Waals surface area contributed by atoms with Crippen LogP contribution in [0.3, 0.4) is 0 Å². The first-order valence-corrected chi connectivity index (χ1v) is 9.18. The molecule has 25 heavy (non-hydrogen) atoms. The molecule has 0 bridgehead atoms. The average molecular weight is 345 g/mol. The number of nitrogens with zero attached hydrogens (tertiary/aromatic N) is 2. The summed E-state index contributed by atoms with van der Waals surface area (Å²) >= 11 is 0. The maximum Gasteiger partial charge on any atom is 0.321 e. The third-order valence-electron chi connectivity index (χ3n) is 4.54. The first-order valence-electron chi connectivity index (χ1n) is 9.18. The molecule has 2 heterocycles. The van der Waals surface area contributed by atoms with Crippen molar-refractivity contribution in [1.29, 1.82) is 0 Å². The van der Waals surface area contributed by atoms with Gasteiger partial charge in [0.15, 0.2) is 0 Å². The molecule has 1 aromatic rings. The highest BCUT2D eigenvalue weighted by Crippen LogP contribution is 2.22. The molecule has 1 fully saturated rings. The Balaban J connectivity index is 1.90. The second-order valence-corrected chi connectivity index (χ2v) is 8.11. The standard InChI is InChI=1S/C20H31N3O2/c1-16-10-14-23(19(25)21-16)15-17-9-8-13-22(18(17)24)12-7-5-6-11-20(2,3)4/h8-9,13H,1,5-7,10-12,14-15H2,2-4H3,(H,21,25). The maximum absolute atomic E-state index is 12.6. The highest BCUT2D eigenvalue weighted by atomic mass is 16.2. The summed E-state index contributed by atoms with van der Waals surface area (Å²) in [7, 11) is 0. The fraction of sp³-hybridized carbons (Fsp3) is 0.600. The fourth-order valence-electron chi connectivity index (χ4n) is 3.02. The molecule has 0 atom stereocenters. The Morgan fingerprint density at radius 3 is 2.64 bits per heavy atom. The van der Waals surface area contributed by atoms with Gasteiger partial charge in [-0.1, -0.05) is 46.3 Å². The number of carbonyl (C=O) groups excluding carboxylic acids is 1. The summed E-state index contributed by atoms with van der Waals surface area (Å²) in [5.74, 6) is 0. The summed E-state index contributed by atoms with van der Waals surface area (Å²) in [6.45, 7) is 12.2. The lowest BCUT2D eigenvalue weighted by molar-refractivity contribution is 0.190. The van der Waals surface area contributed by atoms with E-state index >= 15 is 0 Å². The van der Waals surface area contributed by atoms with Crippen LogP contribution in [0.2, 0.25) is 0 Å². The number of urea groups is 1. The average Bonchev–Trinajstić information content (AvgIpc) is 2.51. The SMILES string of the molecule is C=C1CCN(Cc2cccn(CCCCCC(C)(C)C)c2=O)C(=O)N1. The van der Waals surface area contributed by atoms with E-state index in [0.717, 1.165) is 31.5 Å². The van der Waals surface area contributed by atoms with Crippen molar-refractivity contribution < 1.29 is 4.79 Å². The van der Waals surface area contributed by atoms with Crippen molar-refractivity contribution in [2.75, 3.05) is 6.54 Å². The highest BCUT2D eigenvalue weighted by molar-refractivity contribution is 5.77. The molecular formula is C20H31N3O2.